The lowest BCUT2D eigenvalue weighted by atomic mass is 10.2. The van der Waals surface area contributed by atoms with Crippen LogP contribution in [0, 0.1) is 0 Å². The minimum absolute atomic E-state index is 0.101. The van der Waals surface area contributed by atoms with Gasteiger partial charge in [0.1, 0.15) is 17.2 Å². The normalized spacial score (nSPS) is 14.3. The van der Waals surface area contributed by atoms with Gasteiger partial charge in [-0.05, 0) is 12.1 Å². The van der Waals surface area contributed by atoms with Gasteiger partial charge in [0.25, 0.3) is 0 Å². The van der Waals surface area contributed by atoms with Crippen LogP contribution in [0.4, 0.5) is 16.2 Å². The van der Waals surface area contributed by atoms with Gasteiger partial charge in [0, 0.05) is 50.1 Å². The van der Waals surface area contributed by atoms with Gasteiger partial charge in [0.05, 0.1) is 12.8 Å². The van der Waals surface area contributed by atoms with Crippen molar-refractivity contribution in [3.8, 4) is 17.2 Å². The lowest BCUT2D eigenvalue weighted by molar-refractivity contribution is 0.208. The Morgan fingerprint density at radius 2 is 1.68 bits per heavy atom. The Morgan fingerprint density at radius 1 is 1.04 bits per heavy atom. The van der Waals surface area contributed by atoms with E-state index in [4.69, 9.17) is 4.74 Å². The number of carbonyl (C=O) groups is 1. The summed E-state index contributed by atoms with van der Waals surface area (Å²) in [5, 5.41) is 21.7. The number of anilines is 2. The fourth-order valence-electron chi connectivity index (χ4n) is 2.91. The lowest BCUT2D eigenvalue weighted by Crippen LogP contribution is -2.50. The number of rotatable bonds is 3. The molecule has 25 heavy (non-hydrogen) atoms. The highest BCUT2D eigenvalue weighted by Crippen LogP contribution is 2.28. The average molecular weight is 343 g/mol. The third kappa shape index (κ3) is 3.88. The molecule has 1 heterocycles. The fraction of sp³-hybridized carbons (Fsp3) is 0.278. The molecule has 0 saturated carbocycles. The zero-order valence-electron chi connectivity index (χ0n) is 14.0. The summed E-state index contributed by atoms with van der Waals surface area (Å²) < 4.78 is 5.39. The second-order valence-corrected chi connectivity index (χ2v) is 5.81. The van der Waals surface area contributed by atoms with Gasteiger partial charge in [0.15, 0.2) is 0 Å². The number of phenols is 2. The lowest BCUT2D eigenvalue weighted by Gasteiger charge is -2.36. The van der Waals surface area contributed by atoms with Crippen LogP contribution in [0.5, 0.6) is 17.2 Å². The highest BCUT2D eigenvalue weighted by Gasteiger charge is 2.23. The van der Waals surface area contributed by atoms with Crippen molar-refractivity contribution in [2.24, 2.45) is 0 Å². The summed E-state index contributed by atoms with van der Waals surface area (Å²) in [5.74, 6) is 0.614. The Bertz CT molecular complexity index is 737. The van der Waals surface area contributed by atoms with E-state index in [1.165, 1.54) is 18.2 Å². The number of methoxy groups -OCH3 is 1. The number of hydrogen-bond acceptors (Lipinski definition) is 5. The van der Waals surface area contributed by atoms with Crippen molar-refractivity contribution in [2.45, 2.75) is 0 Å². The number of aromatic hydroxyl groups is 2. The van der Waals surface area contributed by atoms with Crippen LogP contribution >= 0.6 is 0 Å². The smallest absolute Gasteiger partial charge is 0.321 e. The molecule has 0 radical (unpaired) electrons. The molecule has 0 unspecified atom stereocenters. The quantitative estimate of drug-likeness (QED) is 0.797. The molecule has 1 aliphatic rings. The van der Waals surface area contributed by atoms with Crippen molar-refractivity contribution in [1.29, 1.82) is 0 Å². The highest BCUT2D eigenvalue weighted by atomic mass is 16.5. The number of hydrogen-bond donors (Lipinski definition) is 3. The second-order valence-electron chi connectivity index (χ2n) is 5.81. The molecular weight excluding hydrogens is 322 g/mol. The standard InChI is InChI=1S/C18H21N3O4/c1-25-17-5-3-2-4-16(17)20-6-8-21(9-7-20)18(24)19-13-10-14(22)12-15(23)11-13/h2-5,10-12,22-23H,6-9H2,1H3,(H,19,24). The van der Waals surface area contributed by atoms with Crippen molar-refractivity contribution >= 4 is 17.4 Å². The third-order valence-corrected chi connectivity index (χ3v) is 4.15. The number of ether oxygens (including phenoxy) is 1. The maximum absolute atomic E-state index is 12.4. The van der Waals surface area contributed by atoms with Crippen LogP contribution in [0.3, 0.4) is 0 Å². The first kappa shape index (κ1) is 16.8. The van der Waals surface area contributed by atoms with E-state index >= 15 is 0 Å². The molecule has 1 saturated heterocycles. The molecule has 0 aromatic heterocycles. The molecule has 2 amide bonds. The fourth-order valence-corrected chi connectivity index (χ4v) is 2.91. The third-order valence-electron chi connectivity index (χ3n) is 4.15. The molecule has 0 atom stereocenters. The summed E-state index contributed by atoms with van der Waals surface area (Å²) >= 11 is 0. The summed E-state index contributed by atoms with van der Waals surface area (Å²) in [6.07, 6.45) is 0. The topological polar surface area (TPSA) is 85.3 Å². The summed E-state index contributed by atoms with van der Waals surface area (Å²) in [6, 6.07) is 11.5. The van der Waals surface area contributed by atoms with Crippen LogP contribution in [0.2, 0.25) is 0 Å². The molecule has 7 heteroatoms. The maximum Gasteiger partial charge on any atom is 0.321 e. The molecule has 0 bridgehead atoms. The van der Waals surface area contributed by atoms with E-state index in [0.29, 0.717) is 31.9 Å². The van der Waals surface area contributed by atoms with E-state index in [2.05, 4.69) is 10.2 Å². The van der Waals surface area contributed by atoms with Crippen LogP contribution < -0.4 is 15.0 Å². The molecule has 7 nitrogen and oxygen atoms in total. The van der Waals surface area contributed by atoms with Crippen molar-refractivity contribution < 1.29 is 19.7 Å². The van der Waals surface area contributed by atoms with Crippen molar-refractivity contribution in [2.75, 3.05) is 43.5 Å². The Balaban J connectivity index is 1.61. The molecule has 3 N–H and O–H groups in total. The second kappa shape index (κ2) is 7.21. The van der Waals surface area contributed by atoms with Gasteiger partial charge in [-0.25, -0.2) is 4.79 Å². The average Bonchev–Trinajstić information content (AvgIpc) is 2.61. The van der Waals surface area contributed by atoms with E-state index in [0.717, 1.165) is 11.4 Å². The first-order valence-electron chi connectivity index (χ1n) is 8.04. The predicted octanol–water partition coefficient (Wildman–Crippen LogP) is 2.46. The van der Waals surface area contributed by atoms with Crippen LogP contribution in [0.25, 0.3) is 0 Å². The molecule has 1 fully saturated rings. The number of carbonyl (C=O) groups excluding carboxylic acids is 1. The molecule has 2 aromatic rings. The number of piperazine rings is 1. The largest absolute Gasteiger partial charge is 0.508 e. The van der Waals surface area contributed by atoms with E-state index in [1.807, 2.05) is 24.3 Å². The van der Waals surface area contributed by atoms with Gasteiger partial charge in [0.2, 0.25) is 0 Å². The van der Waals surface area contributed by atoms with Crippen LogP contribution in [-0.4, -0.2) is 54.4 Å². The van der Waals surface area contributed by atoms with Gasteiger partial charge < -0.3 is 30.1 Å². The number of nitrogens with one attached hydrogen (secondary N) is 1. The molecule has 132 valence electrons. The SMILES string of the molecule is COc1ccccc1N1CCN(C(=O)Nc2cc(O)cc(O)c2)CC1. The minimum Gasteiger partial charge on any atom is -0.508 e. The van der Waals surface area contributed by atoms with Gasteiger partial charge in [-0.1, -0.05) is 12.1 Å². The van der Waals surface area contributed by atoms with E-state index in [-0.39, 0.29) is 17.5 Å². The van der Waals surface area contributed by atoms with Gasteiger partial charge in [-0.15, -0.1) is 0 Å². The summed E-state index contributed by atoms with van der Waals surface area (Å²) in [4.78, 5) is 16.2. The van der Waals surface area contributed by atoms with Crippen LogP contribution in [-0.2, 0) is 0 Å². The Labute approximate surface area is 146 Å². The van der Waals surface area contributed by atoms with Crippen LogP contribution in [0.1, 0.15) is 0 Å². The molecular formula is C18H21N3O4. The summed E-state index contributed by atoms with van der Waals surface area (Å²) in [6.45, 7) is 2.52. The molecule has 0 aliphatic carbocycles. The van der Waals surface area contributed by atoms with E-state index < -0.39 is 0 Å². The molecule has 2 aromatic carbocycles. The molecule has 0 spiro atoms. The molecule has 1 aliphatic heterocycles. The number of amides is 2. The number of nitrogens with zero attached hydrogens (tertiary/aromatic N) is 2. The first-order valence-corrected chi connectivity index (χ1v) is 8.04. The Morgan fingerprint density at radius 3 is 2.32 bits per heavy atom. The monoisotopic (exact) mass is 343 g/mol. The number of benzene rings is 2. The minimum atomic E-state index is -0.260. The van der Waals surface area contributed by atoms with Gasteiger partial charge in [-0.3, -0.25) is 0 Å². The first-order chi connectivity index (χ1) is 12.1. The van der Waals surface area contributed by atoms with E-state index in [9.17, 15) is 15.0 Å². The van der Waals surface area contributed by atoms with Crippen molar-refractivity contribution in [3.05, 3.63) is 42.5 Å². The summed E-state index contributed by atoms with van der Waals surface area (Å²) in [5.41, 5.74) is 1.37. The molecule has 3 rings (SSSR count). The Hall–Kier alpha value is -3.09. The van der Waals surface area contributed by atoms with E-state index in [1.54, 1.807) is 12.0 Å². The zero-order valence-corrected chi connectivity index (χ0v) is 14.0. The number of phenolic OH excluding ortho intramolecular Hbond substituents is 2. The van der Waals surface area contributed by atoms with Gasteiger partial charge in [-0.2, -0.15) is 0 Å². The maximum atomic E-state index is 12.4. The van der Waals surface area contributed by atoms with Crippen molar-refractivity contribution in [3.63, 3.8) is 0 Å². The number of urea groups is 1. The van der Waals surface area contributed by atoms with Gasteiger partial charge >= 0.3 is 6.03 Å². The highest BCUT2D eigenvalue weighted by molar-refractivity contribution is 5.90. The predicted molar refractivity (Wildman–Crippen MR) is 95.6 cm³/mol. The van der Waals surface area contributed by atoms with Crippen molar-refractivity contribution in [1.82, 2.24) is 4.90 Å². The summed E-state index contributed by atoms with van der Waals surface area (Å²) in [7, 11) is 1.65. The van der Waals surface area contributed by atoms with Crippen LogP contribution in [0.15, 0.2) is 42.5 Å². The number of para-hydroxylation sites is 2. The Kier molecular flexibility index (Phi) is 4.83. The zero-order chi connectivity index (χ0) is 17.8.